The zero-order chi connectivity index (χ0) is 27.8. The fourth-order valence-corrected chi connectivity index (χ4v) is 5.86. The highest BCUT2D eigenvalue weighted by Gasteiger charge is 2.18. The summed E-state index contributed by atoms with van der Waals surface area (Å²) in [6.45, 7) is 0. The number of fused-ring (bicyclic) bond motifs is 2. The molecule has 9 heteroatoms. The highest BCUT2D eigenvalue weighted by molar-refractivity contribution is 6.00. The van der Waals surface area contributed by atoms with Gasteiger partial charge in [0.05, 0.1) is 17.6 Å². The van der Waals surface area contributed by atoms with Gasteiger partial charge in [-0.25, -0.2) is 14.4 Å². The number of carbonyl (C=O) groups excluding carboxylic acids is 1. The highest BCUT2D eigenvalue weighted by atomic mass is 19.1. The van der Waals surface area contributed by atoms with Crippen LogP contribution in [-0.4, -0.2) is 36.0 Å². The van der Waals surface area contributed by atoms with Crippen LogP contribution in [-0.2, 0) is 4.79 Å². The molecule has 0 saturated heterocycles. The van der Waals surface area contributed by atoms with Gasteiger partial charge in [-0.2, -0.15) is 5.10 Å². The molecule has 1 aliphatic carbocycles. The lowest BCUT2D eigenvalue weighted by Gasteiger charge is -2.20. The zero-order valence-electron chi connectivity index (χ0n) is 22.3. The van der Waals surface area contributed by atoms with Crippen LogP contribution in [0.4, 0.5) is 10.1 Å². The van der Waals surface area contributed by atoms with E-state index < -0.39 is 0 Å². The molecule has 7 rings (SSSR count). The second-order valence-electron chi connectivity index (χ2n) is 10.7. The van der Waals surface area contributed by atoms with Crippen molar-refractivity contribution in [3.05, 3.63) is 79.1 Å². The van der Waals surface area contributed by atoms with E-state index in [0.717, 1.165) is 51.6 Å². The van der Waals surface area contributed by atoms with Gasteiger partial charge in [-0.05, 0) is 66.3 Å². The molecular formula is C32H28FN7O. The Hall–Kier alpha value is -4.92. The monoisotopic (exact) mass is 545 g/mol. The molecule has 0 unspecified atom stereocenters. The molecule has 41 heavy (non-hydrogen) atoms. The van der Waals surface area contributed by atoms with Crippen molar-refractivity contribution in [2.75, 3.05) is 5.32 Å². The lowest BCUT2D eigenvalue weighted by Crippen LogP contribution is -2.18. The molecule has 3 N–H and O–H groups in total. The molecule has 204 valence electrons. The molecule has 0 aliphatic heterocycles. The third-order valence-corrected chi connectivity index (χ3v) is 7.89. The topological polar surface area (TPSA) is 112 Å². The van der Waals surface area contributed by atoms with Crippen molar-refractivity contribution in [2.24, 2.45) is 5.92 Å². The van der Waals surface area contributed by atoms with Crippen LogP contribution in [0.2, 0.25) is 0 Å². The Bertz CT molecular complexity index is 1890. The number of pyridine rings is 3. The maximum absolute atomic E-state index is 13.9. The van der Waals surface area contributed by atoms with Crippen LogP contribution in [0, 0.1) is 11.7 Å². The lowest BCUT2D eigenvalue weighted by molar-refractivity contribution is -0.117. The van der Waals surface area contributed by atoms with E-state index in [1.54, 1.807) is 30.9 Å². The van der Waals surface area contributed by atoms with Crippen LogP contribution < -0.4 is 5.32 Å². The summed E-state index contributed by atoms with van der Waals surface area (Å²) in [5.41, 5.74) is 6.81. The van der Waals surface area contributed by atoms with Gasteiger partial charge in [0.25, 0.3) is 0 Å². The minimum absolute atomic E-state index is 0.0339. The molecule has 0 bridgehead atoms. The number of aromatic nitrogens is 6. The van der Waals surface area contributed by atoms with E-state index in [2.05, 4.69) is 35.5 Å². The summed E-state index contributed by atoms with van der Waals surface area (Å²) in [6, 6.07) is 14.3. The van der Waals surface area contributed by atoms with Crippen molar-refractivity contribution in [3.8, 4) is 33.6 Å². The standard InChI is InChI=1S/C32H28FN7O/c33-23-8-4-7-20(12-23)25-9-10-35-31-26(25)15-28(38-31)30-27-14-22(17-36-32(27)40-39-30)21-13-24(18-34-16-21)37-29(41)11-19-5-2-1-3-6-19/h4,7-10,12-19H,1-3,5-6,11H2,(H,35,38)(H,37,41)(H,36,39,40). The second-order valence-corrected chi connectivity index (χ2v) is 10.7. The normalized spacial score (nSPS) is 14.1. The third kappa shape index (κ3) is 5.06. The zero-order valence-corrected chi connectivity index (χ0v) is 22.3. The fraction of sp³-hybridized carbons (Fsp3) is 0.219. The largest absolute Gasteiger partial charge is 0.338 e. The molecular weight excluding hydrogens is 517 g/mol. The number of anilines is 1. The van der Waals surface area contributed by atoms with Crippen LogP contribution in [0.5, 0.6) is 0 Å². The summed E-state index contributed by atoms with van der Waals surface area (Å²) in [4.78, 5) is 29.5. The Labute approximate surface area is 235 Å². The summed E-state index contributed by atoms with van der Waals surface area (Å²) in [5.74, 6) is 0.213. The van der Waals surface area contributed by atoms with Gasteiger partial charge >= 0.3 is 0 Å². The quantitative estimate of drug-likeness (QED) is 0.204. The lowest BCUT2D eigenvalue weighted by atomic mass is 9.87. The van der Waals surface area contributed by atoms with Crippen molar-refractivity contribution in [2.45, 2.75) is 38.5 Å². The summed E-state index contributed by atoms with van der Waals surface area (Å²) >= 11 is 0. The molecule has 6 aromatic rings. The summed E-state index contributed by atoms with van der Waals surface area (Å²) in [6.07, 6.45) is 13.4. The number of aromatic amines is 2. The molecule has 0 atom stereocenters. The smallest absolute Gasteiger partial charge is 0.224 e. The number of hydrogen-bond donors (Lipinski definition) is 3. The Morgan fingerprint density at radius 1 is 0.902 bits per heavy atom. The number of H-pyrrole nitrogens is 2. The first-order valence-corrected chi connectivity index (χ1v) is 13.9. The Kier molecular flexibility index (Phi) is 6.47. The van der Waals surface area contributed by atoms with E-state index in [1.165, 1.54) is 31.4 Å². The highest BCUT2D eigenvalue weighted by Crippen LogP contribution is 2.34. The fourth-order valence-electron chi connectivity index (χ4n) is 5.86. The van der Waals surface area contributed by atoms with E-state index in [9.17, 15) is 9.18 Å². The average Bonchev–Trinajstić information content (AvgIpc) is 3.61. The number of halogens is 1. The first kappa shape index (κ1) is 25.1. The number of benzene rings is 1. The molecule has 8 nitrogen and oxygen atoms in total. The van der Waals surface area contributed by atoms with Crippen molar-refractivity contribution < 1.29 is 9.18 Å². The third-order valence-electron chi connectivity index (χ3n) is 7.89. The number of carbonyl (C=O) groups is 1. The van der Waals surface area contributed by atoms with Gasteiger partial charge in [-0.15, -0.1) is 0 Å². The van der Waals surface area contributed by atoms with E-state index >= 15 is 0 Å². The first-order valence-electron chi connectivity index (χ1n) is 13.9. The van der Waals surface area contributed by atoms with Gasteiger partial charge in [-0.3, -0.25) is 14.9 Å². The van der Waals surface area contributed by atoms with E-state index in [4.69, 9.17) is 0 Å². The van der Waals surface area contributed by atoms with Gasteiger partial charge in [0.1, 0.15) is 17.2 Å². The molecule has 1 amide bonds. The maximum atomic E-state index is 13.9. The van der Waals surface area contributed by atoms with Crippen LogP contribution in [0.3, 0.4) is 0 Å². The SMILES string of the molecule is O=C(CC1CCCCC1)Nc1cncc(-c2cnc3[nH]nc(-c4cc5c(-c6cccc(F)c6)ccnc5[nH]4)c3c2)c1. The van der Waals surface area contributed by atoms with Gasteiger partial charge in [-0.1, -0.05) is 31.4 Å². The number of nitrogens with zero attached hydrogens (tertiary/aromatic N) is 4. The first-order chi connectivity index (χ1) is 20.1. The predicted molar refractivity (Wildman–Crippen MR) is 157 cm³/mol. The van der Waals surface area contributed by atoms with Gasteiger partial charge in [0.2, 0.25) is 5.91 Å². The van der Waals surface area contributed by atoms with Crippen LogP contribution in [0.25, 0.3) is 55.7 Å². The minimum atomic E-state index is -0.289. The summed E-state index contributed by atoms with van der Waals surface area (Å²) < 4.78 is 13.9. The van der Waals surface area contributed by atoms with Crippen molar-refractivity contribution in [1.29, 1.82) is 0 Å². The van der Waals surface area contributed by atoms with Crippen molar-refractivity contribution in [3.63, 3.8) is 0 Å². The Morgan fingerprint density at radius 2 is 1.78 bits per heavy atom. The number of hydrogen-bond acceptors (Lipinski definition) is 5. The van der Waals surface area contributed by atoms with Crippen molar-refractivity contribution in [1.82, 2.24) is 30.1 Å². The second kappa shape index (κ2) is 10.6. The average molecular weight is 546 g/mol. The number of rotatable bonds is 6. The molecule has 1 aliphatic rings. The molecule has 1 aromatic carbocycles. The molecule has 1 saturated carbocycles. The Morgan fingerprint density at radius 3 is 2.66 bits per heavy atom. The van der Waals surface area contributed by atoms with Crippen LogP contribution in [0.1, 0.15) is 38.5 Å². The maximum Gasteiger partial charge on any atom is 0.224 e. The molecule has 5 aromatic heterocycles. The molecule has 5 heterocycles. The number of nitrogens with one attached hydrogen (secondary N) is 3. The molecule has 0 radical (unpaired) electrons. The van der Waals surface area contributed by atoms with E-state index in [1.807, 2.05) is 30.3 Å². The predicted octanol–water partition coefficient (Wildman–Crippen LogP) is 7.28. The van der Waals surface area contributed by atoms with Gasteiger partial charge < -0.3 is 10.3 Å². The van der Waals surface area contributed by atoms with Gasteiger partial charge in [0, 0.05) is 46.9 Å². The van der Waals surface area contributed by atoms with Crippen LogP contribution >= 0.6 is 0 Å². The summed E-state index contributed by atoms with van der Waals surface area (Å²) in [7, 11) is 0. The van der Waals surface area contributed by atoms with Crippen molar-refractivity contribution >= 4 is 33.7 Å². The van der Waals surface area contributed by atoms with E-state index in [0.29, 0.717) is 35.0 Å². The minimum Gasteiger partial charge on any atom is -0.338 e. The molecule has 1 fully saturated rings. The van der Waals surface area contributed by atoms with Gasteiger partial charge in [0.15, 0.2) is 5.65 Å². The summed E-state index contributed by atoms with van der Waals surface area (Å²) in [5, 5.41) is 12.3. The molecule has 0 spiro atoms. The number of amides is 1. The van der Waals surface area contributed by atoms with Crippen LogP contribution in [0.15, 0.2) is 73.3 Å². The Balaban J connectivity index is 1.19. The van der Waals surface area contributed by atoms with E-state index in [-0.39, 0.29) is 11.7 Å².